The number of rotatable bonds is 7. The number of anilines is 1. The Morgan fingerprint density at radius 2 is 1.57 bits per heavy atom. The Kier molecular flexibility index (Phi) is 7.13. The van der Waals surface area contributed by atoms with Crippen molar-refractivity contribution in [2.45, 2.75) is 32.3 Å². The second-order valence-corrected chi connectivity index (χ2v) is 10.3. The fraction of sp³-hybridized carbons (Fsp3) is 0.226. The minimum Gasteiger partial charge on any atom is -0.481 e. The number of esters is 1. The summed E-state index contributed by atoms with van der Waals surface area (Å²) in [5, 5.41) is 12.7. The van der Waals surface area contributed by atoms with Gasteiger partial charge in [-0.15, -0.1) is 0 Å². The first-order chi connectivity index (χ1) is 19.1. The molecule has 0 saturated heterocycles. The molecule has 0 fully saturated rings. The molecule has 1 aliphatic carbocycles. The minimum atomic E-state index is -1.29. The third-order valence-corrected chi connectivity index (χ3v) is 6.37. The van der Waals surface area contributed by atoms with Crippen LogP contribution in [0.25, 0.3) is 22.0 Å². The quantitative estimate of drug-likeness (QED) is 0.273. The Labute approximate surface area is 230 Å². The topological polar surface area (TPSA) is 124 Å². The number of para-hydroxylation sites is 1. The Hall–Kier alpha value is -4.92. The SMILES string of the molecule is CC(C)(C)OC(=O)COc1cc(C(=O)O)nc2c(NC(=O)OCC3c4ccccc4-c4ccccc43)cccc12. The van der Waals surface area contributed by atoms with Crippen LogP contribution >= 0.6 is 0 Å². The van der Waals surface area contributed by atoms with Crippen LogP contribution in [0.3, 0.4) is 0 Å². The van der Waals surface area contributed by atoms with E-state index in [0.29, 0.717) is 5.39 Å². The van der Waals surface area contributed by atoms with Crippen molar-refractivity contribution in [2.75, 3.05) is 18.5 Å². The number of carboxylic acids is 1. The highest BCUT2D eigenvalue weighted by Crippen LogP contribution is 2.44. The Morgan fingerprint density at radius 3 is 2.20 bits per heavy atom. The van der Waals surface area contributed by atoms with Gasteiger partial charge in [-0.1, -0.05) is 54.6 Å². The molecule has 204 valence electrons. The first kappa shape index (κ1) is 26.7. The lowest BCUT2D eigenvalue weighted by Crippen LogP contribution is -2.27. The first-order valence-corrected chi connectivity index (χ1v) is 12.7. The van der Waals surface area contributed by atoms with E-state index in [1.807, 2.05) is 36.4 Å². The number of pyridine rings is 1. The molecule has 3 aromatic carbocycles. The van der Waals surface area contributed by atoms with Gasteiger partial charge in [-0.25, -0.2) is 19.4 Å². The zero-order valence-electron chi connectivity index (χ0n) is 22.3. The summed E-state index contributed by atoms with van der Waals surface area (Å²) < 4.78 is 16.5. The number of hydrogen-bond donors (Lipinski definition) is 2. The molecule has 40 heavy (non-hydrogen) atoms. The van der Waals surface area contributed by atoms with Gasteiger partial charge in [0.15, 0.2) is 12.3 Å². The van der Waals surface area contributed by atoms with Gasteiger partial charge in [0.25, 0.3) is 0 Å². The van der Waals surface area contributed by atoms with Crippen molar-refractivity contribution in [2.24, 2.45) is 0 Å². The van der Waals surface area contributed by atoms with Gasteiger partial charge < -0.3 is 19.3 Å². The molecule has 0 unspecified atom stereocenters. The summed E-state index contributed by atoms with van der Waals surface area (Å²) in [5.74, 6) is -1.90. The second kappa shape index (κ2) is 10.7. The molecule has 0 atom stereocenters. The van der Waals surface area contributed by atoms with Gasteiger partial charge in [-0.2, -0.15) is 0 Å². The standard InChI is InChI=1S/C31H28N2O7/c1-31(2,3)40-27(34)17-38-26-15-25(29(35)36)32-28-22(26)13-8-14-24(28)33-30(37)39-16-23-20-11-6-4-9-18(20)19-10-5-7-12-21(19)23/h4-15,23H,16-17H2,1-3H3,(H,33,37)(H,35,36). The zero-order valence-corrected chi connectivity index (χ0v) is 22.3. The number of carbonyl (C=O) groups excluding carboxylic acids is 2. The molecule has 0 saturated carbocycles. The lowest BCUT2D eigenvalue weighted by atomic mass is 9.98. The maximum Gasteiger partial charge on any atom is 0.411 e. The van der Waals surface area contributed by atoms with Crippen LogP contribution in [0, 0.1) is 0 Å². The fourth-order valence-corrected chi connectivity index (χ4v) is 4.80. The van der Waals surface area contributed by atoms with Crippen LogP contribution < -0.4 is 10.1 Å². The van der Waals surface area contributed by atoms with Crippen LogP contribution in [0.1, 0.15) is 48.3 Å². The molecule has 9 heteroatoms. The van der Waals surface area contributed by atoms with Crippen molar-refractivity contribution >= 4 is 34.6 Å². The highest BCUT2D eigenvalue weighted by Gasteiger charge is 2.29. The molecule has 1 aromatic heterocycles. The fourth-order valence-electron chi connectivity index (χ4n) is 4.80. The van der Waals surface area contributed by atoms with E-state index < -0.39 is 30.2 Å². The van der Waals surface area contributed by atoms with Gasteiger partial charge in [0.2, 0.25) is 0 Å². The third-order valence-electron chi connectivity index (χ3n) is 6.37. The van der Waals surface area contributed by atoms with E-state index in [1.54, 1.807) is 39.0 Å². The maximum absolute atomic E-state index is 12.9. The van der Waals surface area contributed by atoms with Gasteiger partial charge in [0, 0.05) is 17.4 Å². The molecule has 0 aliphatic heterocycles. The number of aromatic carboxylic acids is 1. The van der Waals surface area contributed by atoms with E-state index in [2.05, 4.69) is 22.4 Å². The van der Waals surface area contributed by atoms with Gasteiger partial charge in [0.1, 0.15) is 18.0 Å². The summed E-state index contributed by atoms with van der Waals surface area (Å²) in [4.78, 5) is 41.1. The van der Waals surface area contributed by atoms with Crippen molar-refractivity contribution in [1.82, 2.24) is 4.98 Å². The highest BCUT2D eigenvalue weighted by atomic mass is 16.6. The molecular weight excluding hydrogens is 512 g/mol. The summed E-state index contributed by atoms with van der Waals surface area (Å²) in [6, 6.07) is 22.2. The zero-order chi connectivity index (χ0) is 28.4. The van der Waals surface area contributed by atoms with Crippen molar-refractivity contribution in [3.05, 3.63) is 89.6 Å². The number of nitrogens with zero attached hydrogens (tertiary/aromatic N) is 1. The molecule has 1 heterocycles. The summed E-state index contributed by atoms with van der Waals surface area (Å²) in [5.41, 5.74) is 3.80. The molecular formula is C31H28N2O7. The molecule has 1 aliphatic rings. The van der Waals surface area contributed by atoms with E-state index >= 15 is 0 Å². The van der Waals surface area contributed by atoms with Crippen LogP contribution in [-0.4, -0.2) is 46.9 Å². The predicted octanol–water partition coefficient (Wildman–Crippen LogP) is 6.01. The number of ether oxygens (including phenoxy) is 3. The van der Waals surface area contributed by atoms with Crippen molar-refractivity contribution in [3.63, 3.8) is 0 Å². The normalized spacial score (nSPS) is 12.4. The van der Waals surface area contributed by atoms with Gasteiger partial charge in [-0.05, 0) is 55.2 Å². The first-order valence-electron chi connectivity index (χ1n) is 12.7. The van der Waals surface area contributed by atoms with Crippen LogP contribution in [-0.2, 0) is 14.3 Å². The molecule has 2 N–H and O–H groups in total. The van der Waals surface area contributed by atoms with Crippen molar-refractivity contribution in [3.8, 4) is 16.9 Å². The van der Waals surface area contributed by atoms with Gasteiger partial charge >= 0.3 is 18.0 Å². The largest absolute Gasteiger partial charge is 0.481 e. The predicted molar refractivity (Wildman–Crippen MR) is 149 cm³/mol. The number of fused-ring (bicyclic) bond motifs is 4. The van der Waals surface area contributed by atoms with Crippen LogP contribution in [0.2, 0.25) is 0 Å². The number of aromatic nitrogens is 1. The molecule has 0 radical (unpaired) electrons. The highest BCUT2D eigenvalue weighted by molar-refractivity contribution is 6.02. The number of nitrogens with one attached hydrogen (secondary N) is 1. The Balaban J connectivity index is 1.36. The number of carbonyl (C=O) groups is 3. The number of hydrogen-bond acceptors (Lipinski definition) is 7. The van der Waals surface area contributed by atoms with E-state index in [9.17, 15) is 19.5 Å². The summed E-state index contributed by atoms with van der Waals surface area (Å²) >= 11 is 0. The monoisotopic (exact) mass is 540 g/mol. The molecule has 0 bridgehead atoms. The van der Waals surface area contributed by atoms with E-state index in [-0.39, 0.29) is 35.2 Å². The number of carboxylic acid groups (broad SMARTS) is 1. The number of amides is 1. The average Bonchev–Trinajstić information content (AvgIpc) is 3.23. The Morgan fingerprint density at radius 1 is 0.925 bits per heavy atom. The van der Waals surface area contributed by atoms with Crippen LogP contribution in [0.4, 0.5) is 10.5 Å². The molecule has 5 rings (SSSR count). The molecule has 0 spiro atoms. The van der Waals surface area contributed by atoms with Crippen molar-refractivity contribution in [1.29, 1.82) is 0 Å². The molecule has 1 amide bonds. The van der Waals surface area contributed by atoms with Gasteiger partial charge in [0.05, 0.1) is 11.2 Å². The summed E-state index contributed by atoms with van der Waals surface area (Å²) in [6.07, 6.45) is -0.715. The van der Waals surface area contributed by atoms with E-state index in [4.69, 9.17) is 14.2 Å². The third kappa shape index (κ3) is 5.58. The summed E-state index contributed by atoms with van der Waals surface area (Å²) in [7, 11) is 0. The lowest BCUT2D eigenvalue weighted by molar-refractivity contribution is -0.157. The van der Waals surface area contributed by atoms with E-state index in [0.717, 1.165) is 22.3 Å². The van der Waals surface area contributed by atoms with Crippen LogP contribution in [0.15, 0.2) is 72.8 Å². The van der Waals surface area contributed by atoms with Gasteiger partial charge in [-0.3, -0.25) is 5.32 Å². The van der Waals surface area contributed by atoms with Crippen LogP contribution in [0.5, 0.6) is 5.75 Å². The lowest BCUT2D eigenvalue weighted by Gasteiger charge is -2.20. The second-order valence-electron chi connectivity index (χ2n) is 10.3. The maximum atomic E-state index is 12.9. The smallest absolute Gasteiger partial charge is 0.411 e. The van der Waals surface area contributed by atoms with Crippen molar-refractivity contribution < 1.29 is 33.7 Å². The Bertz CT molecular complexity index is 1580. The number of benzene rings is 3. The average molecular weight is 541 g/mol. The molecule has 9 nitrogen and oxygen atoms in total. The van der Waals surface area contributed by atoms with E-state index in [1.165, 1.54) is 6.07 Å². The molecule has 4 aromatic rings. The minimum absolute atomic E-state index is 0.114. The summed E-state index contributed by atoms with van der Waals surface area (Å²) in [6.45, 7) is 4.88.